The highest BCUT2D eigenvalue weighted by atomic mass is 32.2. The Morgan fingerprint density at radius 2 is 1.86 bits per heavy atom. The number of amides is 1. The lowest BCUT2D eigenvalue weighted by Crippen LogP contribution is -2.52. The van der Waals surface area contributed by atoms with Crippen molar-refractivity contribution in [3.05, 3.63) is 29.8 Å². The number of aryl methyl sites for hydroxylation is 1. The molecule has 1 aliphatic heterocycles. The topological polar surface area (TPSA) is 66.5 Å². The molecule has 0 aromatic heterocycles. The van der Waals surface area contributed by atoms with E-state index in [2.05, 4.69) is 5.32 Å². The van der Waals surface area contributed by atoms with Crippen LogP contribution in [0.2, 0.25) is 0 Å². The maximum atomic E-state index is 12.8. The summed E-state index contributed by atoms with van der Waals surface area (Å²) in [5.74, 6) is 0.541. The van der Waals surface area contributed by atoms with Crippen LogP contribution >= 0.6 is 11.8 Å². The summed E-state index contributed by atoms with van der Waals surface area (Å²) in [7, 11) is -3.65. The van der Waals surface area contributed by atoms with Gasteiger partial charge in [0, 0.05) is 11.3 Å². The Bertz CT molecular complexity index is 648. The van der Waals surface area contributed by atoms with Crippen molar-refractivity contribution in [2.75, 3.05) is 11.6 Å². The molecule has 5 nitrogen and oxygen atoms in total. The Morgan fingerprint density at radius 1 is 1.27 bits per heavy atom. The van der Waals surface area contributed by atoms with Crippen LogP contribution in [-0.4, -0.2) is 41.8 Å². The number of thioether (sulfide) groups is 1. The second-order valence-corrected chi connectivity index (χ2v) is 9.35. The molecule has 2 rings (SSSR count). The van der Waals surface area contributed by atoms with Crippen LogP contribution in [0.1, 0.15) is 26.3 Å². The van der Waals surface area contributed by atoms with Crippen molar-refractivity contribution in [2.45, 2.75) is 44.2 Å². The van der Waals surface area contributed by atoms with Gasteiger partial charge in [-0.05, 0) is 39.8 Å². The number of carbonyl (C=O) groups excluding carboxylic acids is 1. The Balaban J connectivity index is 2.26. The highest BCUT2D eigenvalue weighted by Crippen LogP contribution is 2.28. The number of sulfonamides is 1. The highest BCUT2D eigenvalue weighted by Gasteiger charge is 2.40. The third-order valence-electron chi connectivity index (χ3n) is 3.27. The molecule has 0 bridgehead atoms. The van der Waals surface area contributed by atoms with E-state index in [1.54, 1.807) is 24.3 Å². The summed E-state index contributed by atoms with van der Waals surface area (Å²) in [5.41, 5.74) is 0.612. The minimum Gasteiger partial charge on any atom is -0.350 e. The molecule has 1 saturated heterocycles. The van der Waals surface area contributed by atoms with Gasteiger partial charge in [-0.25, -0.2) is 8.42 Å². The zero-order valence-corrected chi connectivity index (χ0v) is 14.9. The molecule has 1 aliphatic rings. The first-order valence-electron chi connectivity index (χ1n) is 7.09. The Morgan fingerprint density at radius 3 is 2.41 bits per heavy atom. The van der Waals surface area contributed by atoms with E-state index >= 15 is 0 Å². The standard InChI is InChI=1S/C15H22N2O3S2/c1-11-5-7-12(8-6-11)22(19,20)17-10-21-9-13(17)14(18)16-15(2,3)4/h5-8,13H,9-10H2,1-4H3,(H,16,18)/t13-/m1/s1. The monoisotopic (exact) mass is 342 g/mol. The summed E-state index contributed by atoms with van der Waals surface area (Å²) >= 11 is 1.46. The molecule has 1 fully saturated rings. The second-order valence-electron chi connectivity index (χ2n) is 6.46. The molecule has 0 spiro atoms. The van der Waals surface area contributed by atoms with Crippen molar-refractivity contribution in [2.24, 2.45) is 0 Å². The predicted octanol–water partition coefficient (Wildman–Crippen LogP) is 1.97. The van der Waals surface area contributed by atoms with Gasteiger partial charge in [-0.3, -0.25) is 4.79 Å². The Kier molecular flexibility index (Phi) is 4.89. The van der Waals surface area contributed by atoms with Crippen LogP contribution in [0.3, 0.4) is 0 Å². The molecule has 1 heterocycles. The first kappa shape index (κ1) is 17.3. The molecule has 1 N–H and O–H groups in total. The van der Waals surface area contributed by atoms with Crippen molar-refractivity contribution >= 4 is 27.7 Å². The molecule has 1 amide bonds. The fraction of sp³-hybridized carbons (Fsp3) is 0.533. The van der Waals surface area contributed by atoms with Crippen LogP contribution < -0.4 is 5.32 Å². The number of carbonyl (C=O) groups is 1. The normalized spacial score (nSPS) is 20.1. The summed E-state index contributed by atoms with van der Waals surface area (Å²) in [4.78, 5) is 12.6. The quantitative estimate of drug-likeness (QED) is 0.912. The SMILES string of the molecule is Cc1ccc(S(=O)(=O)N2CSC[C@@H]2C(=O)NC(C)(C)C)cc1. The lowest BCUT2D eigenvalue weighted by atomic mass is 10.1. The highest BCUT2D eigenvalue weighted by molar-refractivity contribution is 8.00. The van der Waals surface area contributed by atoms with Crippen LogP contribution in [0.25, 0.3) is 0 Å². The summed E-state index contributed by atoms with van der Waals surface area (Å²) in [6, 6.07) is 6.05. The van der Waals surface area contributed by atoms with Crippen molar-refractivity contribution in [1.82, 2.24) is 9.62 Å². The fourth-order valence-corrected chi connectivity index (χ4v) is 5.32. The van der Waals surface area contributed by atoms with Crippen molar-refractivity contribution < 1.29 is 13.2 Å². The second kappa shape index (κ2) is 6.22. The molecule has 1 aromatic rings. The maximum absolute atomic E-state index is 12.8. The molecule has 0 saturated carbocycles. The van der Waals surface area contributed by atoms with E-state index in [-0.39, 0.29) is 16.3 Å². The molecular formula is C15H22N2O3S2. The first-order valence-corrected chi connectivity index (χ1v) is 9.69. The van der Waals surface area contributed by atoms with Gasteiger partial charge in [0.25, 0.3) is 0 Å². The zero-order valence-electron chi connectivity index (χ0n) is 13.3. The van der Waals surface area contributed by atoms with Gasteiger partial charge in [0.2, 0.25) is 15.9 Å². The van der Waals surface area contributed by atoms with Gasteiger partial charge < -0.3 is 5.32 Å². The van der Waals surface area contributed by atoms with Gasteiger partial charge in [0.1, 0.15) is 6.04 Å². The Labute approximate surface area is 136 Å². The lowest BCUT2D eigenvalue weighted by molar-refractivity contribution is -0.125. The summed E-state index contributed by atoms with van der Waals surface area (Å²) in [6.07, 6.45) is 0. The van der Waals surface area contributed by atoms with Gasteiger partial charge >= 0.3 is 0 Å². The molecular weight excluding hydrogens is 320 g/mol. The number of hydrogen-bond donors (Lipinski definition) is 1. The van der Waals surface area contributed by atoms with Crippen LogP contribution in [-0.2, 0) is 14.8 Å². The van der Waals surface area contributed by atoms with E-state index in [0.717, 1.165) is 5.56 Å². The average Bonchev–Trinajstić information content (AvgIpc) is 2.87. The third kappa shape index (κ3) is 3.83. The molecule has 122 valence electrons. The number of nitrogens with zero attached hydrogens (tertiary/aromatic N) is 1. The lowest BCUT2D eigenvalue weighted by Gasteiger charge is -2.27. The average molecular weight is 342 g/mol. The van der Waals surface area contributed by atoms with E-state index in [9.17, 15) is 13.2 Å². The maximum Gasteiger partial charge on any atom is 0.244 e. The molecule has 0 radical (unpaired) electrons. The molecule has 0 aliphatic carbocycles. The van der Waals surface area contributed by atoms with E-state index in [1.165, 1.54) is 16.1 Å². The van der Waals surface area contributed by atoms with Crippen LogP contribution in [0.15, 0.2) is 29.2 Å². The zero-order chi connectivity index (χ0) is 16.5. The minimum absolute atomic E-state index is 0.231. The largest absolute Gasteiger partial charge is 0.350 e. The van der Waals surface area contributed by atoms with E-state index < -0.39 is 16.1 Å². The number of nitrogens with one attached hydrogen (secondary N) is 1. The smallest absolute Gasteiger partial charge is 0.244 e. The summed E-state index contributed by atoms with van der Waals surface area (Å²) in [6.45, 7) is 7.55. The third-order valence-corrected chi connectivity index (χ3v) is 6.31. The van der Waals surface area contributed by atoms with Crippen LogP contribution in [0.4, 0.5) is 0 Å². The van der Waals surface area contributed by atoms with E-state index in [4.69, 9.17) is 0 Å². The fourth-order valence-electron chi connectivity index (χ4n) is 2.17. The van der Waals surface area contributed by atoms with E-state index in [0.29, 0.717) is 11.6 Å². The predicted molar refractivity (Wildman–Crippen MR) is 89.2 cm³/mol. The van der Waals surface area contributed by atoms with Crippen molar-refractivity contribution in [1.29, 1.82) is 0 Å². The van der Waals surface area contributed by atoms with Gasteiger partial charge in [-0.1, -0.05) is 17.7 Å². The number of rotatable bonds is 3. The van der Waals surface area contributed by atoms with Gasteiger partial charge in [-0.2, -0.15) is 4.31 Å². The van der Waals surface area contributed by atoms with E-state index in [1.807, 2.05) is 27.7 Å². The van der Waals surface area contributed by atoms with Gasteiger partial charge in [0.05, 0.1) is 10.8 Å². The summed E-state index contributed by atoms with van der Waals surface area (Å²) in [5, 5.41) is 2.87. The molecule has 1 atom stereocenters. The summed E-state index contributed by atoms with van der Waals surface area (Å²) < 4.78 is 26.8. The Hall–Kier alpha value is -1.05. The molecule has 1 aromatic carbocycles. The van der Waals surface area contributed by atoms with Crippen molar-refractivity contribution in [3.8, 4) is 0 Å². The molecule has 22 heavy (non-hydrogen) atoms. The van der Waals surface area contributed by atoms with Gasteiger partial charge in [-0.15, -0.1) is 11.8 Å². The van der Waals surface area contributed by atoms with Gasteiger partial charge in [0.15, 0.2) is 0 Å². The molecule has 0 unspecified atom stereocenters. The molecule has 7 heteroatoms. The minimum atomic E-state index is -3.65. The van der Waals surface area contributed by atoms with Crippen LogP contribution in [0, 0.1) is 6.92 Å². The number of hydrogen-bond acceptors (Lipinski definition) is 4. The van der Waals surface area contributed by atoms with Crippen LogP contribution in [0.5, 0.6) is 0 Å². The first-order chi connectivity index (χ1) is 10.1. The number of benzene rings is 1. The van der Waals surface area contributed by atoms with Crippen molar-refractivity contribution in [3.63, 3.8) is 0 Å².